The highest BCUT2D eigenvalue weighted by atomic mass is 32.2. The number of aliphatic hydroxyl groups is 3. The summed E-state index contributed by atoms with van der Waals surface area (Å²) in [6.45, 7) is 1.86. The van der Waals surface area contributed by atoms with Crippen LogP contribution in [0.15, 0.2) is 11.6 Å². The van der Waals surface area contributed by atoms with Crippen molar-refractivity contribution in [2.75, 3.05) is 18.6 Å². The van der Waals surface area contributed by atoms with Crippen LogP contribution < -0.4 is 0 Å². The van der Waals surface area contributed by atoms with Crippen LogP contribution in [0.4, 0.5) is 0 Å². The highest BCUT2D eigenvalue weighted by Crippen LogP contribution is 2.68. The summed E-state index contributed by atoms with van der Waals surface area (Å²) < 4.78 is 0. The smallest absolute Gasteiger partial charge is 0.106 e. The van der Waals surface area contributed by atoms with Gasteiger partial charge in [0.1, 0.15) is 6.10 Å². The third kappa shape index (κ3) is 2.44. The van der Waals surface area contributed by atoms with Gasteiger partial charge in [0, 0.05) is 16.6 Å². The Morgan fingerprint density at radius 1 is 1.19 bits per heavy atom. The van der Waals surface area contributed by atoms with Crippen LogP contribution >= 0.6 is 11.8 Å². The fourth-order valence-electron chi connectivity index (χ4n) is 7.81. The largest absolute Gasteiger partial charge is 0.394 e. The molecular weight excluding hydrogens is 344 g/mol. The number of allylic oxidation sites excluding steroid dienone is 2. The van der Waals surface area contributed by atoms with Gasteiger partial charge in [-0.1, -0.05) is 18.6 Å². The summed E-state index contributed by atoms with van der Waals surface area (Å²) >= 11 is 2.01. The third-order valence-corrected chi connectivity index (χ3v) is 9.90. The molecule has 0 aromatic rings. The van der Waals surface area contributed by atoms with E-state index in [1.807, 2.05) is 11.8 Å². The van der Waals surface area contributed by atoms with Crippen molar-refractivity contribution < 1.29 is 15.3 Å². The maximum atomic E-state index is 11.4. The van der Waals surface area contributed by atoms with E-state index in [-0.39, 0.29) is 12.0 Å². The fourth-order valence-corrected chi connectivity index (χ4v) is 8.87. The average molecular weight is 381 g/mol. The Bertz CT molecular complexity index is 578. The van der Waals surface area contributed by atoms with E-state index in [9.17, 15) is 15.3 Å². The van der Waals surface area contributed by atoms with Gasteiger partial charge in [0.25, 0.3) is 0 Å². The van der Waals surface area contributed by atoms with Crippen molar-refractivity contribution in [3.63, 3.8) is 0 Å². The molecule has 4 aliphatic carbocycles. The zero-order valence-electron chi connectivity index (χ0n) is 16.4. The highest BCUT2D eigenvalue weighted by molar-refractivity contribution is 7.98. The Morgan fingerprint density at radius 2 is 1.96 bits per heavy atom. The number of thioether (sulfide) groups is 1. The van der Waals surface area contributed by atoms with Crippen molar-refractivity contribution in [1.82, 2.24) is 0 Å². The second-order valence-corrected chi connectivity index (χ2v) is 10.6. The van der Waals surface area contributed by atoms with Crippen LogP contribution in [0.1, 0.15) is 64.7 Å². The molecule has 3 saturated carbocycles. The molecule has 26 heavy (non-hydrogen) atoms. The molecule has 0 heterocycles. The normalized spacial score (nSPS) is 49.0. The van der Waals surface area contributed by atoms with E-state index in [2.05, 4.69) is 19.3 Å². The summed E-state index contributed by atoms with van der Waals surface area (Å²) in [6.07, 6.45) is 14.0. The number of rotatable bonds is 4. The van der Waals surface area contributed by atoms with Crippen LogP contribution in [-0.2, 0) is 0 Å². The first-order valence-electron chi connectivity index (χ1n) is 10.6. The van der Waals surface area contributed by atoms with Crippen LogP contribution in [0.25, 0.3) is 0 Å². The zero-order chi connectivity index (χ0) is 18.6. The summed E-state index contributed by atoms with van der Waals surface area (Å²) in [4.78, 5) is 0. The molecule has 0 saturated heterocycles. The molecule has 4 aliphatic rings. The minimum atomic E-state index is -1.12. The lowest BCUT2D eigenvalue weighted by molar-refractivity contribution is -0.184. The molecule has 148 valence electrons. The maximum absolute atomic E-state index is 11.4. The van der Waals surface area contributed by atoms with Crippen molar-refractivity contribution in [3.8, 4) is 0 Å². The van der Waals surface area contributed by atoms with Gasteiger partial charge >= 0.3 is 0 Å². The predicted octanol–water partition coefficient (Wildman–Crippen LogP) is 3.77. The molecule has 0 amide bonds. The molecule has 3 nitrogen and oxygen atoms in total. The molecule has 0 radical (unpaired) electrons. The Labute approximate surface area is 162 Å². The van der Waals surface area contributed by atoms with Crippen LogP contribution in [0.2, 0.25) is 0 Å². The first-order valence-corrected chi connectivity index (χ1v) is 12.0. The zero-order valence-corrected chi connectivity index (χ0v) is 17.2. The quantitative estimate of drug-likeness (QED) is 0.650. The lowest BCUT2D eigenvalue weighted by Gasteiger charge is -2.60. The molecule has 3 N–H and O–H groups in total. The highest BCUT2D eigenvalue weighted by Gasteiger charge is 2.66. The fraction of sp³-hybridized carbons (Fsp3) is 0.909. The Morgan fingerprint density at radius 3 is 2.69 bits per heavy atom. The summed E-state index contributed by atoms with van der Waals surface area (Å²) in [6, 6.07) is 0. The molecule has 4 rings (SSSR count). The van der Waals surface area contributed by atoms with Gasteiger partial charge < -0.3 is 15.3 Å². The van der Waals surface area contributed by atoms with E-state index in [1.54, 1.807) is 5.57 Å². The van der Waals surface area contributed by atoms with Crippen molar-refractivity contribution >= 4 is 11.8 Å². The second-order valence-electron chi connectivity index (χ2n) is 9.74. The molecule has 0 aromatic carbocycles. The van der Waals surface area contributed by atoms with Crippen LogP contribution in [0.5, 0.6) is 0 Å². The molecule has 7 atom stereocenters. The first-order chi connectivity index (χ1) is 12.4. The van der Waals surface area contributed by atoms with Gasteiger partial charge in [-0.15, -0.1) is 0 Å². The standard InChI is InChI=1S/C22H36O3S/c1-20-11-8-18-16(17(20)9-12-22(20,25)19(24)13-23)7-6-15-5-3-4-10-21(15,18)14-26-2/h5,16-19,23-25H,3-4,6-14H2,1-2H3/t16-,17-,18+,19?,20-,21+,22?/m0/s1. The molecule has 4 heteroatoms. The minimum Gasteiger partial charge on any atom is -0.394 e. The van der Waals surface area contributed by atoms with E-state index < -0.39 is 11.7 Å². The number of hydrogen-bond acceptors (Lipinski definition) is 4. The topological polar surface area (TPSA) is 60.7 Å². The molecule has 0 spiro atoms. The SMILES string of the molecule is CSC[C@]12CCCC=C1CC[C@@H]1[C@H]2CC[C@@]2(C)[C@H]1CCC2(O)C(O)CO. The number of aliphatic hydroxyl groups excluding tert-OH is 2. The van der Waals surface area contributed by atoms with Crippen LogP contribution in [-0.4, -0.2) is 45.6 Å². The summed E-state index contributed by atoms with van der Waals surface area (Å²) in [5.74, 6) is 3.13. The summed E-state index contributed by atoms with van der Waals surface area (Å²) in [5.41, 5.74) is 0.754. The Kier molecular flexibility index (Phi) is 5.04. The lowest BCUT2D eigenvalue weighted by atomic mass is 9.46. The van der Waals surface area contributed by atoms with E-state index >= 15 is 0 Å². The average Bonchev–Trinajstić information content (AvgIpc) is 2.93. The third-order valence-electron chi connectivity index (χ3n) is 9.09. The van der Waals surface area contributed by atoms with Crippen molar-refractivity contribution in [1.29, 1.82) is 0 Å². The van der Waals surface area contributed by atoms with Gasteiger partial charge in [-0.3, -0.25) is 0 Å². The van der Waals surface area contributed by atoms with E-state index in [0.717, 1.165) is 25.2 Å². The Balaban J connectivity index is 1.68. The van der Waals surface area contributed by atoms with Crippen molar-refractivity contribution in [3.05, 3.63) is 11.6 Å². The van der Waals surface area contributed by atoms with Crippen LogP contribution in [0, 0.1) is 28.6 Å². The minimum absolute atomic E-state index is 0.257. The summed E-state index contributed by atoms with van der Waals surface area (Å²) in [5, 5.41) is 31.3. The maximum Gasteiger partial charge on any atom is 0.106 e. The summed E-state index contributed by atoms with van der Waals surface area (Å²) in [7, 11) is 0. The van der Waals surface area contributed by atoms with Gasteiger partial charge in [0.2, 0.25) is 0 Å². The van der Waals surface area contributed by atoms with Gasteiger partial charge in [-0.05, 0) is 81.8 Å². The van der Waals surface area contributed by atoms with Gasteiger partial charge in [0.15, 0.2) is 0 Å². The van der Waals surface area contributed by atoms with Crippen LogP contribution in [0.3, 0.4) is 0 Å². The van der Waals surface area contributed by atoms with Gasteiger partial charge in [-0.2, -0.15) is 11.8 Å². The number of hydrogen-bond donors (Lipinski definition) is 3. The van der Waals surface area contributed by atoms with Gasteiger partial charge in [0.05, 0.1) is 12.2 Å². The van der Waals surface area contributed by atoms with E-state index in [1.165, 1.54) is 37.9 Å². The lowest BCUT2D eigenvalue weighted by Crippen LogP contribution is -2.60. The predicted molar refractivity (Wildman–Crippen MR) is 107 cm³/mol. The second kappa shape index (κ2) is 6.79. The number of fused-ring (bicyclic) bond motifs is 5. The molecular formula is C22H36O3S. The van der Waals surface area contributed by atoms with E-state index in [4.69, 9.17) is 0 Å². The monoisotopic (exact) mass is 380 g/mol. The molecule has 0 bridgehead atoms. The van der Waals surface area contributed by atoms with E-state index in [0.29, 0.717) is 23.7 Å². The van der Waals surface area contributed by atoms with Gasteiger partial charge in [-0.25, -0.2) is 0 Å². The van der Waals surface area contributed by atoms with Crippen molar-refractivity contribution in [2.24, 2.45) is 28.6 Å². The molecule has 0 aromatic heterocycles. The van der Waals surface area contributed by atoms with Crippen molar-refractivity contribution in [2.45, 2.75) is 76.4 Å². The Hall–Kier alpha value is -0.0300. The first kappa shape index (κ1) is 19.3. The molecule has 3 fully saturated rings. The molecule has 0 aliphatic heterocycles. The molecule has 2 unspecified atom stereocenters.